The molecule has 1 heterocycles. The highest BCUT2D eigenvalue weighted by molar-refractivity contribution is 6.14. The van der Waals surface area contributed by atoms with E-state index in [4.69, 9.17) is 9.47 Å². The first kappa shape index (κ1) is 17.6. The van der Waals surface area contributed by atoms with Gasteiger partial charge in [0.05, 0.1) is 32.6 Å². The summed E-state index contributed by atoms with van der Waals surface area (Å²) in [7, 11) is 1.61. The summed E-state index contributed by atoms with van der Waals surface area (Å²) in [6, 6.07) is 0. The van der Waals surface area contributed by atoms with Gasteiger partial charge < -0.3 is 14.7 Å². The summed E-state index contributed by atoms with van der Waals surface area (Å²) in [5, 5.41) is 10.7. The lowest BCUT2D eigenvalue weighted by molar-refractivity contribution is -0.120. The van der Waals surface area contributed by atoms with E-state index in [1.807, 2.05) is 10.9 Å². The summed E-state index contributed by atoms with van der Waals surface area (Å²) in [6.45, 7) is 7.05. The summed E-state index contributed by atoms with van der Waals surface area (Å²) in [5.41, 5.74) is 0.823. The lowest BCUT2D eigenvalue weighted by atomic mass is 10.1. The number of amides is 1. The largest absolute Gasteiger partial charge is 0.406 e. The van der Waals surface area contributed by atoms with Crippen LogP contribution in [-0.4, -0.2) is 48.7 Å². The molecule has 118 valence electrons. The fourth-order valence-electron chi connectivity index (χ4n) is 1.59. The molecule has 0 spiro atoms. The molecule has 7 nitrogen and oxygen atoms in total. The molecule has 0 unspecified atom stereocenters. The first-order chi connectivity index (χ1) is 10.1. The van der Waals surface area contributed by atoms with E-state index in [9.17, 15) is 4.79 Å². The van der Waals surface area contributed by atoms with Crippen LogP contribution in [0.15, 0.2) is 6.20 Å². The monoisotopic (exact) mass is 296 g/mol. The number of hydrogen-bond acceptors (Lipinski definition) is 5. The molecular weight excluding hydrogens is 271 g/mol. The lowest BCUT2D eigenvalue weighted by Gasteiger charge is -2.04. The van der Waals surface area contributed by atoms with E-state index < -0.39 is 0 Å². The Morgan fingerprint density at radius 2 is 2.14 bits per heavy atom. The van der Waals surface area contributed by atoms with Crippen molar-refractivity contribution in [3.63, 3.8) is 0 Å². The number of hydrogen-bond donors (Lipinski definition) is 1. The van der Waals surface area contributed by atoms with Gasteiger partial charge in [-0.3, -0.25) is 9.48 Å². The third-order valence-corrected chi connectivity index (χ3v) is 2.90. The minimum absolute atomic E-state index is 0.0195. The Labute approximate surface area is 126 Å². The van der Waals surface area contributed by atoms with Gasteiger partial charge >= 0.3 is 0 Å². The molecule has 1 N–H and O–H groups in total. The average Bonchev–Trinajstić information content (AvgIpc) is 2.91. The van der Waals surface area contributed by atoms with Crippen LogP contribution in [0.25, 0.3) is 0 Å². The number of nitrogens with zero attached hydrogens (tertiary/aromatic N) is 3. The molecule has 1 amide bonds. The second-order valence-corrected chi connectivity index (χ2v) is 5.24. The molecule has 0 atom stereocenters. The van der Waals surface area contributed by atoms with Crippen LogP contribution in [0.4, 0.5) is 0 Å². The Hall–Kier alpha value is -1.41. The van der Waals surface area contributed by atoms with Crippen LogP contribution in [0.3, 0.4) is 0 Å². The molecule has 0 aliphatic heterocycles. The van der Waals surface area contributed by atoms with Crippen molar-refractivity contribution in [3.05, 3.63) is 11.9 Å². The standard InChI is InChI=1S/C13H25BN4O3/c1-11(2)3-5-18-9-12(16-17-18)10-21-8-7-20-6-4-13(19)15-14/h9,11H,3-8,10,14H2,1-2H3,(H,15,19). The number of carbonyl (C=O) groups excluding carboxylic acids is 1. The molecular formula is C13H25BN4O3. The highest BCUT2D eigenvalue weighted by Gasteiger charge is 2.02. The average molecular weight is 296 g/mol. The fourth-order valence-corrected chi connectivity index (χ4v) is 1.59. The number of rotatable bonds is 11. The minimum atomic E-state index is -0.0195. The summed E-state index contributed by atoms with van der Waals surface area (Å²) < 4.78 is 12.6. The van der Waals surface area contributed by atoms with Crippen molar-refractivity contribution < 1.29 is 14.3 Å². The molecule has 21 heavy (non-hydrogen) atoms. The predicted octanol–water partition coefficient (Wildman–Crippen LogP) is -0.0882. The van der Waals surface area contributed by atoms with Crippen molar-refractivity contribution in [2.45, 2.75) is 39.8 Å². The second-order valence-electron chi connectivity index (χ2n) is 5.24. The molecule has 0 aromatic carbocycles. The number of ether oxygens (including phenoxy) is 2. The zero-order chi connectivity index (χ0) is 15.5. The van der Waals surface area contributed by atoms with E-state index in [2.05, 4.69) is 29.4 Å². The van der Waals surface area contributed by atoms with Gasteiger partial charge in [0.1, 0.15) is 5.69 Å². The summed E-state index contributed by atoms with van der Waals surface area (Å²) in [5.74, 6) is 0.634. The van der Waals surface area contributed by atoms with Crippen molar-refractivity contribution in [2.24, 2.45) is 5.92 Å². The van der Waals surface area contributed by atoms with Crippen molar-refractivity contribution in [2.75, 3.05) is 19.8 Å². The van der Waals surface area contributed by atoms with Crippen LogP contribution in [0.1, 0.15) is 32.4 Å². The summed E-state index contributed by atoms with van der Waals surface area (Å²) >= 11 is 0. The van der Waals surface area contributed by atoms with Crippen molar-refractivity contribution in [3.8, 4) is 0 Å². The van der Waals surface area contributed by atoms with Gasteiger partial charge in [0, 0.05) is 13.0 Å². The minimum Gasteiger partial charge on any atom is -0.406 e. The van der Waals surface area contributed by atoms with Crippen LogP contribution in [0.5, 0.6) is 0 Å². The first-order valence-corrected chi connectivity index (χ1v) is 7.37. The molecule has 8 heteroatoms. The highest BCUT2D eigenvalue weighted by atomic mass is 16.5. The molecule has 0 radical (unpaired) electrons. The Morgan fingerprint density at radius 3 is 2.86 bits per heavy atom. The summed E-state index contributed by atoms with van der Waals surface area (Å²) in [4.78, 5) is 10.9. The maximum atomic E-state index is 10.9. The van der Waals surface area contributed by atoms with E-state index >= 15 is 0 Å². The molecule has 0 saturated heterocycles. The van der Waals surface area contributed by atoms with Gasteiger partial charge in [-0.15, -0.1) is 5.10 Å². The molecule has 0 fully saturated rings. The Morgan fingerprint density at radius 1 is 1.38 bits per heavy atom. The SMILES string of the molecule is BNC(=O)CCOCCOCc1cn(CCC(C)C)nn1. The van der Waals surface area contributed by atoms with E-state index in [-0.39, 0.29) is 5.91 Å². The maximum absolute atomic E-state index is 10.9. The van der Waals surface area contributed by atoms with Crippen molar-refractivity contribution >= 4 is 13.9 Å². The van der Waals surface area contributed by atoms with Crippen molar-refractivity contribution in [1.82, 2.24) is 20.2 Å². The van der Waals surface area contributed by atoms with Crippen LogP contribution in [-0.2, 0) is 27.4 Å². The molecule has 0 aliphatic carbocycles. The third-order valence-electron chi connectivity index (χ3n) is 2.90. The lowest BCUT2D eigenvalue weighted by Crippen LogP contribution is -2.21. The summed E-state index contributed by atoms with van der Waals surface area (Å²) in [6.07, 6.45) is 3.37. The molecule has 1 aromatic heterocycles. The van der Waals surface area contributed by atoms with E-state index in [1.54, 1.807) is 7.98 Å². The number of aromatic nitrogens is 3. The number of nitrogens with one attached hydrogen (secondary N) is 1. The van der Waals surface area contributed by atoms with Crippen LogP contribution >= 0.6 is 0 Å². The maximum Gasteiger partial charge on any atom is 0.217 e. The molecule has 1 aromatic rings. The Balaban J connectivity index is 2.04. The van der Waals surface area contributed by atoms with Gasteiger partial charge in [-0.1, -0.05) is 19.1 Å². The normalized spacial score (nSPS) is 11.0. The van der Waals surface area contributed by atoms with Gasteiger partial charge in [-0.05, 0) is 12.3 Å². The van der Waals surface area contributed by atoms with E-state index in [0.29, 0.717) is 38.8 Å². The third kappa shape index (κ3) is 8.47. The van der Waals surface area contributed by atoms with Crippen molar-refractivity contribution in [1.29, 1.82) is 0 Å². The number of carbonyl (C=O) groups is 1. The van der Waals surface area contributed by atoms with Gasteiger partial charge in [-0.25, -0.2) is 0 Å². The quantitative estimate of drug-likeness (QED) is 0.456. The highest BCUT2D eigenvalue weighted by Crippen LogP contribution is 2.03. The van der Waals surface area contributed by atoms with Crippen LogP contribution in [0.2, 0.25) is 0 Å². The van der Waals surface area contributed by atoms with Gasteiger partial charge in [0.25, 0.3) is 0 Å². The zero-order valence-electron chi connectivity index (χ0n) is 13.2. The molecule has 1 rings (SSSR count). The van der Waals surface area contributed by atoms with E-state index in [1.165, 1.54) is 0 Å². The molecule has 0 aliphatic rings. The van der Waals surface area contributed by atoms with Gasteiger partial charge in [0.2, 0.25) is 13.9 Å². The molecule has 0 bridgehead atoms. The predicted molar refractivity (Wildman–Crippen MR) is 81.3 cm³/mol. The smallest absolute Gasteiger partial charge is 0.217 e. The van der Waals surface area contributed by atoms with E-state index in [0.717, 1.165) is 18.7 Å². The van der Waals surface area contributed by atoms with Crippen LogP contribution < -0.4 is 5.23 Å². The Kier molecular flexibility index (Phi) is 8.69. The van der Waals surface area contributed by atoms with Gasteiger partial charge in [-0.2, -0.15) is 0 Å². The Bertz CT molecular complexity index is 412. The van der Waals surface area contributed by atoms with Gasteiger partial charge in [0.15, 0.2) is 0 Å². The fraction of sp³-hybridized carbons (Fsp3) is 0.769. The first-order valence-electron chi connectivity index (χ1n) is 7.37. The van der Waals surface area contributed by atoms with Crippen LogP contribution in [0, 0.1) is 5.92 Å². The molecule has 0 saturated carbocycles. The topological polar surface area (TPSA) is 78.3 Å². The zero-order valence-corrected chi connectivity index (χ0v) is 13.2. The number of aryl methyl sites for hydroxylation is 1. The second kappa shape index (κ2) is 10.3.